The second kappa shape index (κ2) is 8.69. The lowest BCUT2D eigenvalue weighted by Gasteiger charge is -2.30. The van der Waals surface area contributed by atoms with E-state index in [0.717, 1.165) is 4.31 Å². The van der Waals surface area contributed by atoms with E-state index in [-0.39, 0.29) is 40.5 Å². The number of nitrogens with one attached hydrogen (secondary N) is 1. The Kier molecular flexibility index (Phi) is 6.56. The molecule has 1 N–H and O–H groups in total. The Hall–Kier alpha value is -2.28. The van der Waals surface area contributed by atoms with Gasteiger partial charge in [-0.25, -0.2) is 21.1 Å². The molecule has 0 atom stereocenters. The van der Waals surface area contributed by atoms with Gasteiger partial charge in [-0.2, -0.15) is 4.31 Å². The minimum atomic E-state index is -3.74. The molecular formula is C19H26N4O6S2. The van der Waals surface area contributed by atoms with Gasteiger partial charge in [0.1, 0.15) is 10.6 Å². The van der Waals surface area contributed by atoms with Crippen molar-refractivity contribution in [3.8, 4) is 0 Å². The lowest BCUT2D eigenvalue weighted by molar-refractivity contribution is -0.120. The summed E-state index contributed by atoms with van der Waals surface area (Å²) in [5.74, 6) is -0.413. The number of hydrogen-bond acceptors (Lipinski definition) is 7. The Morgan fingerprint density at radius 2 is 1.81 bits per heavy atom. The number of anilines is 1. The van der Waals surface area contributed by atoms with Crippen LogP contribution in [0.2, 0.25) is 0 Å². The van der Waals surface area contributed by atoms with Crippen molar-refractivity contribution in [3.63, 3.8) is 0 Å². The van der Waals surface area contributed by atoms with E-state index in [1.54, 1.807) is 26.0 Å². The molecular weight excluding hydrogens is 444 g/mol. The summed E-state index contributed by atoms with van der Waals surface area (Å²) in [6, 6.07) is 6.04. The van der Waals surface area contributed by atoms with E-state index in [9.17, 15) is 21.6 Å². The molecule has 10 nitrogen and oxygen atoms in total. The number of rotatable bonds is 6. The van der Waals surface area contributed by atoms with Gasteiger partial charge in [-0.1, -0.05) is 11.2 Å². The number of nitrogens with zero attached hydrogens (tertiary/aromatic N) is 3. The van der Waals surface area contributed by atoms with E-state index >= 15 is 0 Å². The molecule has 1 aromatic heterocycles. The van der Waals surface area contributed by atoms with Crippen LogP contribution in [0.3, 0.4) is 0 Å². The number of sulfonamides is 2. The maximum atomic E-state index is 12.9. The van der Waals surface area contributed by atoms with Gasteiger partial charge in [0.2, 0.25) is 26.0 Å². The number of aromatic nitrogens is 1. The SMILES string of the molecule is Cc1noc(C)c1S(=O)(=O)N1CCC(C(=O)Nc2cccc(S(=O)(=O)N(C)C)c2)CC1. The zero-order valence-corrected chi connectivity index (χ0v) is 19.5. The van der Waals surface area contributed by atoms with Crippen LogP contribution in [0, 0.1) is 19.8 Å². The van der Waals surface area contributed by atoms with Gasteiger partial charge in [0.15, 0.2) is 5.76 Å². The molecule has 12 heteroatoms. The Morgan fingerprint density at radius 1 is 1.16 bits per heavy atom. The minimum Gasteiger partial charge on any atom is -0.360 e. The average Bonchev–Trinajstić information content (AvgIpc) is 3.07. The molecule has 0 saturated carbocycles. The monoisotopic (exact) mass is 470 g/mol. The molecule has 2 heterocycles. The zero-order valence-electron chi connectivity index (χ0n) is 17.8. The van der Waals surface area contributed by atoms with E-state index in [0.29, 0.717) is 24.2 Å². The van der Waals surface area contributed by atoms with Gasteiger partial charge >= 0.3 is 0 Å². The molecule has 31 heavy (non-hydrogen) atoms. The first-order valence-electron chi connectivity index (χ1n) is 9.71. The summed E-state index contributed by atoms with van der Waals surface area (Å²) in [4.78, 5) is 12.8. The van der Waals surface area contributed by atoms with Crippen LogP contribution < -0.4 is 5.32 Å². The van der Waals surface area contributed by atoms with Crippen LogP contribution in [-0.2, 0) is 24.8 Å². The summed E-state index contributed by atoms with van der Waals surface area (Å²) in [7, 11) is -4.49. The third kappa shape index (κ3) is 4.66. The average molecular weight is 471 g/mol. The standard InChI is InChI=1S/C19H26N4O6S2/c1-13-18(14(2)29-21-13)31(27,28)23-10-8-15(9-11-23)19(24)20-16-6-5-7-17(12-16)30(25,26)22(3)4/h5-7,12,15H,8-11H2,1-4H3,(H,20,24). The number of aryl methyl sites for hydroxylation is 2. The van der Waals surface area contributed by atoms with Crippen LogP contribution in [-0.4, -0.2) is 63.7 Å². The zero-order chi connectivity index (χ0) is 23.0. The van der Waals surface area contributed by atoms with E-state index in [1.807, 2.05) is 0 Å². The number of carbonyl (C=O) groups excluding carboxylic acids is 1. The van der Waals surface area contributed by atoms with Crippen LogP contribution >= 0.6 is 0 Å². The molecule has 1 aromatic carbocycles. The fourth-order valence-electron chi connectivity index (χ4n) is 3.52. The molecule has 0 spiro atoms. The van der Waals surface area contributed by atoms with Crippen molar-refractivity contribution < 1.29 is 26.2 Å². The summed E-state index contributed by atoms with van der Waals surface area (Å²) >= 11 is 0. The maximum absolute atomic E-state index is 12.9. The summed E-state index contributed by atoms with van der Waals surface area (Å²) in [5, 5.41) is 6.46. The third-order valence-corrected chi connectivity index (χ3v) is 9.23. The molecule has 1 fully saturated rings. The first-order valence-corrected chi connectivity index (χ1v) is 12.6. The maximum Gasteiger partial charge on any atom is 0.248 e. The molecule has 0 radical (unpaired) electrons. The molecule has 1 amide bonds. The molecule has 170 valence electrons. The van der Waals surface area contributed by atoms with Crippen molar-refractivity contribution >= 4 is 31.6 Å². The topological polar surface area (TPSA) is 130 Å². The fourth-order valence-corrected chi connectivity index (χ4v) is 6.23. The lowest BCUT2D eigenvalue weighted by atomic mass is 9.97. The van der Waals surface area contributed by atoms with Crippen LogP contribution in [0.15, 0.2) is 38.6 Å². The number of benzene rings is 1. The molecule has 1 aliphatic rings. The van der Waals surface area contributed by atoms with Crippen molar-refractivity contribution in [3.05, 3.63) is 35.7 Å². The van der Waals surface area contributed by atoms with E-state index < -0.39 is 20.0 Å². The second-order valence-corrected chi connectivity index (χ2v) is 11.7. The number of amides is 1. The number of carbonyl (C=O) groups is 1. The molecule has 2 aromatic rings. The Bertz CT molecular complexity index is 1160. The van der Waals surface area contributed by atoms with Crippen LogP contribution in [0.1, 0.15) is 24.3 Å². The van der Waals surface area contributed by atoms with Crippen LogP contribution in [0.25, 0.3) is 0 Å². The molecule has 0 bridgehead atoms. The van der Waals surface area contributed by atoms with Crippen LogP contribution in [0.5, 0.6) is 0 Å². The minimum absolute atomic E-state index is 0.0781. The normalized spacial score (nSPS) is 16.5. The second-order valence-electron chi connectivity index (χ2n) is 7.64. The summed E-state index contributed by atoms with van der Waals surface area (Å²) in [5.41, 5.74) is 0.684. The van der Waals surface area contributed by atoms with Gasteiger partial charge < -0.3 is 9.84 Å². The predicted octanol–water partition coefficient (Wildman–Crippen LogP) is 1.58. The van der Waals surface area contributed by atoms with Crippen molar-refractivity contribution in [2.24, 2.45) is 5.92 Å². The number of hydrogen-bond donors (Lipinski definition) is 1. The molecule has 0 unspecified atom stereocenters. The van der Waals surface area contributed by atoms with E-state index in [4.69, 9.17) is 4.52 Å². The highest BCUT2D eigenvalue weighted by Crippen LogP contribution is 2.28. The van der Waals surface area contributed by atoms with Crippen molar-refractivity contribution in [2.45, 2.75) is 36.5 Å². The van der Waals surface area contributed by atoms with Crippen LogP contribution in [0.4, 0.5) is 5.69 Å². The van der Waals surface area contributed by atoms with E-state index in [2.05, 4.69) is 10.5 Å². The summed E-state index contributed by atoms with van der Waals surface area (Å²) < 4.78 is 57.8. The largest absolute Gasteiger partial charge is 0.360 e. The van der Waals surface area contributed by atoms with E-state index in [1.165, 1.54) is 30.5 Å². The van der Waals surface area contributed by atoms with Gasteiger partial charge in [-0.05, 0) is 44.9 Å². The van der Waals surface area contributed by atoms with Crippen molar-refractivity contribution in [1.82, 2.24) is 13.8 Å². The first-order chi connectivity index (χ1) is 14.4. The highest BCUT2D eigenvalue weighted by molar-refractivity contribution is 7.89. The summed E-state index contributed by atoms with van der Waals surface area (Å²) in [6.07, 6.45) is 0.703. The van der Waals surface area contributed by atoms with Crippen molar-refractivity contribution in [2.75, 3.05) is 32.5 Å². The Balaban J connectivity index is 1.66. The van der Waals surface area contributed by atoms with Gasteiger partial charge in [-0.3, -0.25) is 4.79 Å². The van der Waals surface area contributed by atoms with Crippen molar-refractivity contribution in [1.29, 1.82) is 0 Å². The lowest BCUT2D eigenvalue weighted by Crippen LogP contribution is -2.41. The Labute approximate surface area is 182 Å². The number of piperidine rings is 1. The Morgan fingerprint density at radius 3 is 2.35 bits per heavy atom. The predicted molar refractivity (Wildman–Crippen MR) is 113 cm³/mol. The smallest absolute Gasteiger partial charge is 0.248 e. The highest BCUT2D eigenvalue weighted by atomic mass is 32.2. The molecule has 0 aliphatic carbocycles. The highest BCUT2D eigenvalue weighted by Gasteiger charge is 2.35. The van der Waals surface area contributed by atoms with Gasteiger partial charge in [0.25, 0.3) is 0 Å². The summed E-state index contributed by atoms with van der Waals surface area (Å²) in [6.45, 7) is 3.52. The molecule has 1 saturated heterocycles. The van der Waals surface area contributed by atoms with Gasteiger partial charge in [0.05, 0.1) is 4.90 Å². The van der Waals surface area contributed by atoms with Gasteiger partial charge in [0, 0.05) is 38.8 Å². The third-order valence-electron chi connectivity index (χ3n) is 5.27. The molecule has 1 aliphatic heterocycles. The molecule has 3 rings (SSSR count). The quantitative estimate of drug-likeness (QED) is 0.678. The fraction of sp³-hybridized carbons (Fsp3) is 0.474. The van der Waals surface area contributed by atoms with Gasteiger partial charge in [-0.15, -0.1) is 0 Å². The first kappa shape index (κ1) is 23.4.